The fourth-order valence-electron chi connectivity index (χ4n) is 3.33. The molecular formula is C22H28N2O3. The molecule has 1 fully saturated rings. The second kappa shape index (κ2) is 10.7. The highest BCUT2D eigenvalue weighted by molar-refractivity contribution is 5.77. The summed E-state index contributed by atoms with van der Waals surface area (Å²) in [4.78, 5) is 14.5. The lowest BCUT2D eigenvalue weighted by atomic mass is 10.0. The minimum Gasteiger partial charge on any atom is -0.491 e. The van der Waals surface area contributed by atoms with E-state index < -0.39 is 0 Å². The summed E-state index contributed by atoms with van der Waals surface area (Å²) in [5.74, 6) is 0.757. The molecular weight excluding hydrogens is 340 g/mol. The second-order valence-electron chi connectivity index (χ2n) is 6.84. The lowest BCUT2D eigenvalue weighted by Crippen LogP contribution is -2.48. The zero-order valence-electron chi connectivity index (χ0n) is 15.7. The molecule has 144 valence electrons. The topological polar surface area (TPSA) is 50.8 Å². The Kier molecular flexibility index (Phi) is 7.69. The molecule has 1 saturated heterocycles. The molecule has 1 atom stereocenters. The van der Waals surface area contributed by atoms with Gasteiger partial charge in [0.2, 0.25) is 5.91 Å². The van der Waals surface area contributed by atoms with Crippen molar-refractivity contribution in [3.63, 3.8) is 0 Å². The molecule has 0 bridgehead atoms. The summed E-state index contributed by atoms with van der Waals surface area (Å²) in [5.41, 5.74) is 1.31. The molecule has 5 nitrogen and oxygen atoms in total. The maximum atomic E-state index is 12.1. The van der Waals surface area contributed by atoms with Crippen LogP contribution in [0.25, 0.3) is 0 Å². The average molecular weight is 368 g/mol. The van der Waals surface area contributed by atoms with Crippen LogP contribution in [0.3, 0.4) is 0 Å². The number of para-hydroxylation sites is 1. The summed E-state index contributed by atoms with van der Waals surface area (Å²) in [6, 6.07) is 20.3. The zero-order chi connectivity index (χ0) is 18.7. The fourth-order valence-corrected chi connectivity index (χ4v) is 3.33. The van der Waals surface area contributed by atoms with Gasteiger partial charge in [0.25, 0.3) is 0 Å². The van der Waals surface area contributed by atoms with Crippen molar-refractivity contribution in [2.45, 2.75) is 25.4 Å². The van der Waals surface area contributed by atoms with Gasteiger partial charge < -0.3 is 14.8 Å². The molecule has 1 aliphatic heterocycles. The smallest absolute Gasteiger partial charge is 0.246 e. The van der Waals surface area contributed by atoms with E-state index in [2.05, 4.69) is 34.5 Å². The van der Waals surface area contributed by atoms with Crippen LogP contribution in [0.4, 0.5) is 0 Å². The highest BCUT2D eigenvalue weighted by atomic mass is 16.5. The second-order valence-corrected chi connectivity index (χ2v) is 6.84. The van der Waals surface area contributed by atoms with E-state index >= 15 is 0 Å². The molecule has 2 aromatic carbocycles. The van der Waals surface area contributed by atoms with Gasteiger partial charge in [0, 0.05) is 19.1 Å². The molecule has 1 amide bonds. The molecule has 5 heteroatoms. The van der Waals surface area contributed by atoms with Crippen molar-refractivity contribution in [2.75, 3.05) is 32.9 Å². The van der Waals surface area contributed by atoms with Crippen molar-refractivity contribution in [1.29, 1.82) is 0 Å². The monoisotopic (exact) mass is 368 g/mol. The normalized spacial score (nSPS) is 17.4. The highest BCUT2D eigenvalue weighted by Crippen LogP contribution is 2.13. The van der Waals surface area contributed by atoms with E-state index in [1.54, 1.807) is 0 Å². The summed E-state index contributed by atoms with van der Waals surface area (Å²) in [6.07, 6.45) is 2.12. The summed E-state index contributed by atoms with van der Waals surface area (Å²) < 4.78 is 11.0. The molecule has 1 N–H and O–H groups in total. The number of piperidine rings is 1. The van der Waals surface area contributed by atoms with E-state index in [-0.39, 0.29) is 18.6 Å². The predicted octanol–water partition coefficient (Wildman–Crippen LogP) is 2.86. The van der Waals surface area contributed by atoms with Gasteiger partial charge in [-0.25, -0.2) is 0 Å². The highest BCUT2D eigenvalue weighted by Gasteiger charge is 2.21. The molecule has 1 heterocycles. The number of carbonyl (C=O) groups is 1. The van der Waals surface area contributed by atoms with Crippen LogP contribution in [0, 0.1) is 0 Å². The van der Waals surface area contributed by atoms with Crippen LogP contribution >= 0.6 is 0 Å². The first kappa shape index (κ1) is 19.4. The SMILES string of the molecule is O=C(COCCOc1ccccc1)NC1CCCN(Cc2ccccc2)C1. The molecule has 2 aromatic rings. The fraction of sp³-hybridized carbons (Fsp3) is 0.409. The predicted molar refractivity (Wildman–Crippen MR) is 106 cm³/mol. The van der Waals surface area contributed by atoms with Gasteiger partial charge in [-0.3, -0.25) is 9.69 Å². The van der Waals surface area contributed by atoms with Crippen LogP contribution in [-0.4, -0.2) is 49.8 Å². The van der Waals surface area contributed by atoms with Crippen molar-refractivity contribution in [1.82, 2.24) is 10.2 Å². The Labute approximate surface area is 161 Å². The molecule has 1 unspecified atom stereocenters. The van der Waals surface area contributed by atoms with Crippen LogP contribution in [0.15, 0.2) is 60.7 Å². The first-order valence-electron chi connectivity index (χ1n) is 9.61. The Morgan fingerprint density at radius 3 is 2.56 bits per heavy atom. The van der Waals surface area contributed by atoms with Gasteiger partial charge in [-0.2, -0.15) is 0 Å². The van der Waals surface area contributed by atoms with Crippen molar-refractivity contribution < 1.29 is 14.3 Å². The van der Waals surface area contributed by atoms with Crippen LogP contribution in [0.2, 0.25) is 0 Å². The maximum Gasteiger partial charge on any atom is 0.246 e. The lowest BCUT2D eigenvalue weighted by Gasteiger charge is -2.33. The third kappa shape index (κ3) is 7.04. The Balaban J connectivity index is 1.30. The minimum absolute atomic E-state index is 0.0544. The van der Waals surface area contributed by atoms with E-state index in [9.17, 15) is 4.79 Å². The summed E-state index contributed by atoms with van der Waals surface area (Å²) in [5, 5.41) is 3.10. The van der Waals surface area contributed by atoms with Crippen molar-refractivity contribution in [2.24, 2.45) is 0 Å². The summed E-state index contributed by atoms with van der Waals surface area (Å²) in [6.45, 7) is 3.80. The first-order valence-corrected chi connectivity index (χ1v) is 9.61. The molecule has 0 saturated carbocycles. The molecule has 0 radical (unpaired) electrons. The number of amides is 1. The Morgan fingerprint density at radius 1 is 1.04 bits per heavy atom. The third-order valence-corrected chi connectivity index (χ3v) is 4.59. The van der Waals surface area contributed by atoms with Crippen LogP contribution in [-0.2, 0) is 16.1 Å². The van der Waals surface area contributed by atoms with Gasteiger partial charge in [-0.15, -0.1) is 0 Å². The summed E-state index contributed by atoms with van der Waals surface area (Å²) >= 11 is 0. The first-order chi connectivity index (χ1) is 13.3. The number of hydrogen-bond donors (Lipinski definition) is 1. The Bertz CT molecular complexity index is 678. The number of carbonyl (C=O) groups excluding carboxylic acids is 1. The number of likely N-dealkylation sites (tertiary alicyclic amines) is 1. The molecule has 0 aliphatic carbocycles. The average Bonchev–Trinajstić information content (AvgIpc) is 2.69. The number of rotatable bonds is 9. The van der Waals surface area contributed by atoms with Gasteiger partial charge in [0.15, 0.2) is 0 Å². The van der Waals surface area contributed by atoms with Gasteiger partial charge in [-0.1, -0.05) is 48.5 Å². The van der Waals surface area contributed by atoms with Crippen molar-refractivity contribution >= 4 is 5.91 Å². The van der Waals surface area contributed by atoms with Gasteiger partial charge in [0.1, 0.15) is 19.0 Å². The number of benzene rings is 2. The van der Waals surface area contributed by atoms with E-state index in [4.69, 9.17) is 9.47 Å². The number of ether oxygens (including phenoxy) is 2. The maximum absolute atomic E-state index is 12.1. The number of nitrogens with one attached hydrogen (secondary N) is 1. The molecule has 3 rings (SSSR count). The van der Waals surface area contributed by atoms with E-state index in [1.165, 1.54) is 5.56 Å². The van der Waals surface area contributed by atoms with Gasteiger partial charge >= 0.3 is 0 Å². The largest absolute Gasteiger partial charge is 0.491 e. The van der Waals surface area contributed by atoms with E-state index in [1.807, 2.05) is 36.4 Å². The standard InChI is InChI=1S/C22H28N2O3/c25-22(18-26-14-15-27-21-11-5-2-6-12-21)23-20-10-7-13-24(17-20)16-19-8-3-1-4-9-19/h1-6,8-9,11-12,20H,7,10,13-18H2,(H,23,25). The van der Waals surface area contributed by atoms with Crippen molar-refractivity contribution in [3.05, 3.63) is 66.2 Å². The molecule has 27 heavy (non-hydrogen) atoms. The van der Waals surface area contributed by atoms with Crippen LogP contribution < -0.4 is 10.1 Å². The van der Waals surface area contributed by atoms with Crippen LogP contribution in [0.1, 0.15) is 18.4 Å². The van der Waals surface area contributed by atoms with E-state index in [0.29, 0.717) is 13.2 Å². The minimum atomic E-state index is -0.0544. The molecule has 1 aliphatic rings. The van der Waals surface area contributed by atoms with Gasteiger partial charge in [-0.05, 0) is 37.1 Å². The summed E-state index contributed by atoms with van der Waals surface area (Å²) in [7, 11) is 0. The van der Waals surface area contributed by atoms with Gasteiger partial charge in [0.05, 0.1) is 6.61 Å². The molecule has 0 spiro atoms. The number of nitrogens with zero attached hydrogens (tertiary/aromatic N) is 1. The molecule has 0 aromatic heterocycles. The Morgan fingerprint density at radius 2 is 1.78 bits per heavy atom. The lowest BCUT2D eigenvalue weighted by molar-refractivity contribution is -0.127. The Hall–Kier alpha value is -2.37. The third-order valence-electron chi connectivity index (χ3n) is 4.59. The quantitative estimate of drug-likeness (QED) is 0.692. The van der Waals surface area contributed by atoms with Crippen LogP contribution in [0.5, 0.6) is 5.75 Å². The van der Waals surface area contributed by atoms with E-state index in [0.717, 1.165) is 38.2 Å². The van der Waals surface area contributed by atoms with Crippen molar-refractivity contribution in [3.8, 4) is 5.75 Å². The zero-order valence-corrected chi connectivity index (χ0v) is 15.7. The number of hydrogen-bond acceptors (Lipinski definition) is 4.